The highest BCUT2D eigenvalue weighted by Crippen LogP contribution is 2.34. The van der Waals surface area contributed by atoms with Gasteiger partial charge in [-0.1, -0.05) is 133 Å². The average molecular weight is 483 g/mol. The van der Waals surface area contributed by atoms with E-state index in [1.165, 1.54) is 101 Å². The molecule has 3 rings (SSSR count). The predicted octanol–water partition coefficient (Wildman–Crippen LogP) is 10.5. The van der Waals surface area contributed by atoms with Gasteiger partial charge in [-0.05, 0) is 79.3 Å². The van der Waals surface area contributed by atoms with E-state index in [2.05, 4.69) is 86.4 Å². The summed E-state index contributed by atoms with van der Waals surface area (Å²) in [5.74, 6) is 8.66. The summed E-state index contributed by atoms with van der Waals surface area (Å²) in [6, 6.07) is 17.8. The van der Waals surface area contributed by atoms with Crippen molar-refractivity contribution in [3.05, 3.63) is 82.9 Å². The Hall–Kier alpha value is -2.26. The van der Waals surface area contributed by atoms with Crippen molar-refractivity contribution in [2.24, 2.45) is 11.8 Å². The lowest BCUT2D eigenvalue weighted by molar-refractivity contribution is 0.249. The van der Waals surface area contributed by atoms with E-state index in [9.17, 15) is 0 Å². The highest BCUT2D eigenvalue weighted by atomic mass is 14.3. The second-order valence-corrected chi connectivity index (χ2v) is 11.1. The minimum Gasteiger partial charge on any atom is -0.0885 e. The second kappa shape index (κ2) is 17.2. The third kappa shape index (κ3) is 11.2. The van der Waals surface area contributed by atoms with Crippen LogP contribution in [0.25, 0.3) is 0 Å². The first kappa shape index (κ1) is 28.3. The monoisotopic (exact) mass is 482 g/mol. The number of allylic oxidation sites excluding steroid dienone is 2. The molecule has 36 heavy (non-hydrogen) atoms. The fourth-order valence-corrected chi connectivity index (χ4v) is 5.50. The molecule has 0 amide bonds. The van der Waals surface area contributed by atoms with Crippen LogP contribution in [0.2, 0.25) is 0 Å². The highest BCUT2D eigenvalue weighted by molar-refractivity contribution is 5.44. The SMILES string of the molecule is CCCC/C=C/CCc1ccc(C#Cc2ccc(CCC3CCC(CCCCCC)CC3)cc2)cc1. The first-order valence-electron chi connectivity index (χ1n) is 15.1. The molecule has 0 saturated heterocycles. The number of hydrogen-bond donors (Lipinski definition) is 0. The summed E-state index contributed by atoms with van der Waals surface area (Å²) in [6.45, 7) is 4.55. The van der Waals surface area contributed by atoms with Crippen molar-refractivity contribution in [1.82, 2.24) is 0 Å². The fraction of sp³-hybridized carbons (Fsp3) is 0.556. The van der Waals surface area contributed by atoms with Crippen molar-refractivity contribution in [3.63, 3.8) is 0 Å². The Bertz CT molecular complexity index is 911. The topological polar surface area (TPSA) is 0 Å². The molecule has 0 spiro atoms. The normalized spacial score (nSPS) is 17.7. The number of rotatable bonds is 14. The molecular weight excluding hydrogens is 432 g/mol. The highest BCUT2D eigenvalue weighted by Gasteiger charge is 2.20. The summed E-state index contributed by atoms with van der Waals surface area (Å²) in [7, 11) is 0. The van der Waals surface area contributed by atoms with Gasteiger partial charge in [-0.3, -0.25) is 0 Å². The molecule has 0 heteroatoms. The van der Waals surface area contributed by atoms with Crippen molar-refractivity contribution in [3.8, 4) is 11.8 Å². The number of aryl methyl sites for hydroxylation is 2. The van der Waals surface area contributed by atoms with E-state index >= 15 is 0 Å². The molecule has 0 nitrogen and oxygen atoms in total. The van der Waals surface area contributed by atoms with E-state index in [1.54, 1.807) is 0 Å². The van der Waals surface area contributed by atoms with Crippen LogP contribution in [0.3, 0.4) is 0 Å². The van der Waals surface area contributed by atoms with Gasteiger partial charge in [0.2, 0.25) is 0 Å². The molecule has 0 aliphatic heterocycles. The summed E-state index contributed by atoms with van der Waals surface area (Å²) in [5.41, 5.74) is 5.08. The van der Waals surface area contributed by atoms with Gasteiger partial charge >= 0.3 is 0 Å². The van der Waals surface area contributed by atoms with Crippen LogP contribution in [-0.4, -0.2) is 0 Å². The van der Waals surface area contributed by atoms with Crippen LogP contribution in [0.5, 0.6) is 0 Å². The summed E-state index contributed by atoms with van der Waals surface area (Å²) < 4.78 is 0. The van der Waals surface area contributed by atoms with Crippen LogP contribution in [-0.2, 0) is 12.8 Å². The molecule has 1 saturated carbocycles. The summed E-state index contributed by atoms with van der Waals surface area (Å²) in [5, 5.41) is 0. The predicted molar refractivity (Wildman–Crippen MR) is 158 cm³/mol. The molecule has 0 N–H and O–H groups in total. The molecule has 1 aliphatic rings. The smallest absolute Gasteiger partial charge is 0.0249 e. The summed E-state index contributed by atoms with van der Waals surface area (Å²) in [4.78, 5) is 0. The molecule has 0 aromatic heterocycles. The van der Waals surface area contributed by atoms with Gasteiger partial charge in [0.1, 0.15) is 0 Å². The van der Waals surface area contributed by atoms with E-state index in [-0.39, 0.29) is 0 Å². The molecule has 0 unspecified atom stereocenters. The molecule has 0 bridgehead atoms. The zero-order valence-corrected chi connectivity index (χ0v) is 23.2. The molecule has 0 atom stereocenters. The van der Waals surface area contributed by atoms with Gasteiger partial charge in [-0.15, -0.1) is 0 Å². The van der Waals surface area contributed by atoms with Crippen molar-refractivity contribution >= 4 is 0 Å². The summed E-state index contributed by atoms with van der Waals surface area (Å²) in [6.07, 6.45) is 26.3. The molecule has 1 fully saturated rings. The molecule has 1 aliphatic carbocycles. The molecule has 0 heterocycles. The second-order valence-electron chi connectivity index (χ2n) is 11.1. The Morgan fingerprint density at radius 3 is 1.69 bits per heavy atom. The first-order chi connectivity index (χ1) is 17.8. The largest absolute Gasteiger partial charge is 0.0885 e. The van der Waals surface area contributed by atoms with Gasteiger partial charge in [0, 0.05) is 11.1 Å². The molecule has 2 aromatic rings. The van der Waals surface area contributed by atoms with E-state index in [0.29, 0.717) is 0 Å². The van der Waals surface area contributed by atoms with Gasteiger partial charge in [0.05, 0.1) is 0 Å². The maximum atomic E-state index is 3.35. The molecule has 194 valence electrons. The fourth-order valence-electron chi connectivity index (χ4n) is 5.50. The van der Waals surface area contributed by atoms with Crippen LogP contribution in [0, 0.1) is 23.7 Å². The van der Waals surface area contributed by atoms with E-state index in [1.807, 2.05) is 0 Å². The first-order valence-corrected chi connectivity index (χ1v) is 15.1. The Morgan fingerprint density at radius 2 is 1.11 bits per heavy atom. The van der Waals surface area contributed by atoms with Gasteiger partial charge < -0.3 is 0 Å². The van der Waals surface area contributed by atoms with Crippen LogP contribution in [0.4, 0.5) is 0 Å². The van der Waals surface area contributed by atoms with Crippen LogP contribution < -0.4 is 0 Å². The van der Waals surface area contributed by atoms with Gasteiger partial charge in [0.15, 0.2) is 0 Å². The Kier molecular flexibility index (Phi) is 13.6. The maximum Gasteiger partial charge on any atom is 0.0249 e. The summed E-state index contributed by atoms with van der Waals surface area (Å²) >= 11 is 0. The quantitative estimate of drug-likeness (QED) is 0.143. The van der Waals surface area contributed by atoms with Gasteiger partial charge in [-0.25, -0.2) is 0 Å². The minimum atomic E-state index is 0.941. The van der Waals surface area contributed by atoms with Crippen LogP contribution >= 0.6 is 0 Å². The van der Waals surface area contributed by atoms with Gasteiger partial charge in [-0.2, -0.15) is 0 Å². The van der Waals surface area contributed by atoms with E-state index in [0.717, 1.165) is 35.8 Å². The van der Waals surface area contributed by atoms with Crippen molar-refractivity contribution in [2.75, 3.05) is 0 Å². The van der Waals surface area contributed by atoms with Gasteiger partial charge in [0.25, 0.3) is 0 Å². The van der Waals surface area contributed by atoms with Crippen molar-refractivity contribution in [1.29, 1.82) is 0 Å². The Morgan fingerprint density at radius 1 is 0.583 bits per heavy atom. The number of unbranched alkanes of at least 4 members (excludes halogenated alkanes) is 5. The lowest BCUT2D eigenvalue weighted by Gasteiger charge is -2.28. The number of hydrogen-bond acceptors (Lipinski definition) is 0. The molecule has 2 aromatic carbocycles. The third-order valence-electron chi connectivity index (χ3n) is 8.02. The maximum absolute atomic E-state index is 3.35. The zero-order valence-electron chi connectivity index (χ0n) is 23.2. The lowest BCUT2D eigenvalue weighted by atomic mass is 9.77. The van der Waals surface area contributed by atoms with Crippen molar-refractivity contribution in [2.45, 2.75) is 117 Å². The minimum absolute atomic E-state index is 0.941. The standard InChI is InChI=1S/C36H50/c1-3-5-7-9-10-12-14-32-17-21-34(22-18-32)24-26-36-29-27-35(28-30-36)25-23-33-19-15-31(16-20-33)13-11-8-6-4-2/h9-10,17-18,21-22,27-31,33H,3-8,11-16,19-20,23,25H2,1-2H3/b10-9+. The lowest BCUT2D eigenvalue weighted by Crippen LogP contribution is -2.15. The average Bonchev–Trinajstić information content (AvgIpc) is 2.92. The Balaban J connectivity index is 1.35. The van der Waals surface area contributed by atoms with Crippen LogP contribution in [0.1, 0.15) is 126 Å². The van der Waals surface area contributed by atoms with Crippen LogP contribution in [0.15, 0.2) is 60.7 Å². The molecule has 0 radical (unpaired) electrons. The van der Waals surface area contributed by atoms with E-state index < -0.39 is 0 Å². The molecular formula is C36H50. The third-order valence-corrected chi connectivity index (χ3v) is 8.02. The van der Waals surface area contributed by atoms with E-state index in [4.69, 9.17) is 0 Å². The van der Waals surface area contributed by atoms with Crippen molar-refractivity contribution < 1.29 is 0 Å². The number of benzene rings is 2. The Labute approximate surface area is 223 Å². The zero-order chi connectivity index (χ0) is 25.3.